The van der Waals surface area contributed by atoms with Crippen LogP contribution >= 0.6 is 0 Å². The molecule has 5 heteroatoms. The molecule has 5 nitrogen and oxygen atoms in total. The van der Waals surface area contributed by atoms with Gasteiger partial charge in [0.2, 0.25) is 12.8 Å². The summed E-state index contributed by atoms with van der Waals surface area (Å²) in [5.41, 5.74) is 0. The van der Waals surface area contributed by atoms with Crippen molar-refractivity contribution in [3.8, 4) is 0 Å². The fraction of sp³-hybridized carbons (Fsp3) is 0.500. The number of carbonyl (C=O) groups excluding carboxylic acids is 2. The smallest absolute Gasteiger partial charge is 0.235 e. The van der Waals surface area contributed by atoms with Crippen LogP contribution in [0.25, 0.3) is 0 Å². The molecule has 0 spiro atoms. The molecule has 0 unspecified atom stereocenters. The molecule has 0 atom stereocenters. The Labute approximate surface area is 52.5 Å². The Morgan fingerprint density at radius 3 is 2.67 bits per heavy atom. The molecule has 0 radical (unpaired) electrons. The summed E-state index contributed by atoms with van der Waals surface area (Å²) in [5, 5.41) is 3.18. The minimum atomic E-state index is 0.0729. The normalized spacial score (nSPS) is 8.11. The zero-order valence-corrected chi connectivity index (χ0v) is 5.03. The van der Waals surface area contributed by atoms with Crippen molar-refractivity contribution in [2.24, 2.45) is 0 Å². The molecule has 0 heterocycles. The number of hydroxylamine groups is 2. The van der Waals surface area contributed by atoms with Gasteiger partial charge in [-0.05, 0) is 0 Å². The van der Waals surface area contributed by atoms with Gasteiger partial charge in [-0.15, -0.1) is 0 Å². The lowest BCUT2D eigenvalue weighted by Crippen LogP contribution is -2.31. The van der Waals surface area contributed by atoms with Crippen molar-refractivity contribution in [2.75, 3.05) is 13.8 Å². The summed E-state index contributed by atoms with van der Waals surface area (Å²) in [4.78, 5) is 24.0. The van der Waals surface area contributed by atoms with E-state index in [0.29, 0.717) is 12.8 Å². The second-order valence-corrected chi connectivity index (χ2v) is 1.19. The minimum Gasteiger partial charge on any atom is -0.339 e. The molecule has 0 aromatic rings. The first-order valence-corrected chi connectivity index (χ1v) is 2.28. The fourth-order valence-electron chi connectivity index (χ4n) is 0.272. The van der Waals surface area contributed by atoms with Crippen molar-refractivity contribution in [3.05, 3.63) is 0 Å². The average molecular weight is 132 g/mol. The Morgan fingerprint density at radius 1 is 1.67 bits per heavy atom. The van der Waals surface area contributed by atoms with E-state index in [4.69, 9.17) is 0 Å². The quantitative estimate of drug-likeness (QED) is 0.287. The molecule has 0 saturated heterocycles. The van der Waals surface area contributed by atoms with Crippen LogP contribution in [0.5, 0.6) is 0 Å². The Balaban J connectivity index is 3.30. The molecular formula is C4H8N2O3. The molecule has 0 aliphatic carbocycles. The summed E-state index contributed by atoms with van der Waals surface area (Å²) in [5.74, 6) is 0. The molecule has 0 rings (SSSR count). The van der Waals surface area contributed by atoms with E-state index in [2.05, 4.69) is 10.2 Å². The third-order valence-corrected chi connectivity index (χ3v) is 0.683. The van der Waals surface area contributed by atoms with Gasteiger partial charge in [-0.1, -0.05) is 0 Å². The van der Waals surface area contributed by atoms with E-state index in [1.54, 1.807) is 0 Å². The molecular weight excluding hydrogens is 124 g/mol. The highest BCUT2D eigenvalue weighted by molar-refractivity contribution is 5.48. The number of hydrogen-bond acceptors (Lipinski definition) is 3. The summed E-state index contributed by atoms with van der Waals surface area (Å²) in [6, 6.07) is 0. The summed E-state index contributed by atoms with van der Waals surface area (Å²) >= 11 is 0. The third-order valence-electron chi connectivity index (χ3n) is 0.683. The highest BCUT2D eigenvalue weighted by atomic mass is 16.7. The van der Waals surface area contributed by atoms with Crippen LogP contribution in [0, 0.1) is 0 Å². The average Bonchev–Trinajstić information content (AvgIpc) is 1.91. The van der Waals surface area contributed by atoms with Crippen molar-refractivity contribution in [1.82, 2.24) is 10.4 Å². The van der Waals surface area contributed by atoms with Gasteiger partial charge in [0.25, 0.3) is 0 Å². The molecule has 52 valence electrons. The second-order valence-electron chi connectivity index (χ2n) is 1.19. The maximum absolute atomic E-state index is 9.89. The third kappa shape index (κ3) is 3.48. The molecule has 0 fully saturated rings. The predicted molar refractivity (Wildman–Crippen MR) is 29.0 cm³/mol. The van der Waals surface area contributed by atoms with Crippen molar-refractivity contribution < 1.29 is 14.4 Å². The molecule has 0 saturated carbocycles. The van der Waals surface area contributed by atoms with Crippen LogP contribution in [-0.4, -0.2) is 31.7 Å². The minimum absolute atomic E-state index is 0.0729. The maximum Gasteiger partial charge on any atom is 0.235 e. The zero-order chi connectivity index (χ0) is 7.11. The van der Waals surface area contributed by atoms with E-state index in [-0.39, 0.29) is 6.67 Å². The Bertz CT molecular complexity index is 95.8. The molecule has 1 N–H and O–H groups in total. The van der Waals surface area contributed by atoms with Crippen LogP contribution in [0.3, 0.4) is 0 Å². The Kier molecular flexibility index (Phi) is 4.43. The lowest BCUT2D eigenvalue weighted by Gasteiger charge is -2.11. The van der Waals surface area contributed by atoms with E-state index >= 15 is 0 Å². The van der Waals surface area contributed by atoms with Crippen LogP contribution in [0.4, 0.5) is 0 Å². The number of hydrogen-bond donors (Lipinski definition) is 1. The van der Waals surface area contributed by atoms with Gasteiger partial charge >= 0.3 is 0 Å². The van der Waals surface area contributed by atoms with Gasteiger partial charge in [0.15, 0.2) is 0 Å². The fourth-order valence-corrected chi connectivity index (χ4v) is 0.272. The molecule has 2 amide bonds. The lowest BCUT2D eigenvalue weighted by molar-refractivity contribution is -0.162. The van der Waals surface area contributed by atoms with Crippen LogP contribution in [0.15, 0.2) is 0 Å². The van der Waals surface area contributed by atoms with E-state index < -0.39 is 0 Å². The first-order chi connectivity index (χ1) is 4.35. The predicted octanol–water partition coefficient (Wildman–Crippen LogP) is -1.29. The van der Waals surface area contributed by atoms with Gasteiger partial charge < -0.3 is 5.32 Å². The maximum atomic E-state index is 9.89. The molecule has 0 aromatic carbocycles. The standard InChI is InChI=1S/C4H8N2O3/c1-9-6(4-8)2-5-3-7/h3-4H,2H2,1H3,(H,5,7). The van der Waals surface area contributed by atoms with Gasteiger partial charge in [0, 0.05) is 0 Å². The van der Waals surface area contributed by atoms with E-state index in [1.165, 1.54) is 7.11 Å². The molecule has 0 aliphatic rings. The highest BCUT2D eigenvalue weighted by Crippen LogP contribution is 1.74. The van der Waals surface area contributed by atoms with Crippen molar-refractivity contribution in [2.45, 2.75) is 0 Å². The van der Waals surface area contributed by atoms with Crippen molar-refractivity contribution >= 4 is 12.8 Å². The van der Waals surface area contributed by atoms with Crippen LogP contribution in [0.2, 0.25) is 0 Å². The van der Waals surface area contributed by atoms with Gasteiger partial charge in [-0.2, -0.15) is 0 Å². The van der Waals surface area contributed by atoms with Gasteiger partial charge in [-0.3, -0.25) is 14.4 Å². The van der Waals surface area contributed by atoms with Crippen LogP contribution in [0.1, 0.15) is 0 Å². The lowest BCUT2D eigenvalue weighted by atomic mass is 11.0. The first-order valence-electron chi connectivity index (χ1n) is 2.28. The molecule has 0 bridgehead atoms. The molecule has 0 aliphatic heterocycles. The SMILES string of the molecule is CON(C=O)CNC=O. The topological polar surface area (TPSA) is 58.6 Å². The number of nitrogens with zero attached hydrogens (tertiary/aromatic N) is 1. The highest BCUT2D eigenvalue weighted by Gasteiger charge is 1.93. The number of rotatable bonds is 5. The van der Waals surface area contributed by atoms with Crippen molar-refractivity contribution in [1.29, 1.82) is 0 Å². The Morgan fingerprint density at radius 2 is 2.33 bits per heavy atom. The van der Waals surface area contributed by atoms with E-state index in [1.807, 2.05) is 0 Å². The largest absolute Gasteiger partial charge is 0.339 e. The van der Waals surface area contributed by atoms with E-state index in [0.717, 1.165) is 5.06 Å². The van der Waals surface area contributed by atoms with Crippen LogP contribution in [-0.2, 0) is 14.4 Å². The number of amides is 2. The van der Waals surface area contributed by atoms with Gasteiger partial charge in [0.1, 0.15) is 6.67 Å². The summed E-state index contributed by atoms with van der Waals surface area (Å²) in [6.45, 7) is 0.0729. The van der Waals surface area contributed by atoms with Gasteiger partial charge in [0.05, 0.1) is 7.11 Å². The van der Waals surface area contributed by atoms with E-state index in [9.17, 15) is 9.59 Å². The summed E-state index contributed by atoms with van der Waals surface area (Å²) in [6.07, 6.45) is 0.950. The molecule has 9 heavy (non-hydrogen) atoms. The number of nitrogens with one attached hydrogen (secondary N) is 1. The Hall–Kier alpha value is -1.10. The first kappa shape index (κ1) is 7.90. The molecule has 0 aromatic heterocycles. The van der Waals surface area contributed by atoms with Gasteiger partial charge in [-0.25, -0.2) is 5.06 Å². The van der Waals surface area contributed by atoms with Crippen molar-refractivity contribution in [3.63, 3.8) is 0 Å². The zero-order valence-electron chi connectivity index (χ0n) is 5.03. The second kappa shape index (κ2) is 5.04. The monoisotopic (exact) mass is 132 g/mol. The van der Waals surface area contributed by atoms with Crippen LogP contribution < -0.4 is 5.32 Å². The summed E-state index contributed by atoms with van der Waals surface area (Å²) < 4.78 is 0. The summed E-state index contributed by atoms with van der Waals surface area (Å²) in [7, 11) is 1.33. The number of carbonyl (C=O) groups is 2.